The van der Waals surface area contributed by atoms with Gasteiger partial charge in [-0.05, 0) is 31.9 Å². The molecule has 0 bridgehead atoms. The Morgan fingerprint density at radius 1 is 1.29 bits per heavy atom. The lowest BCUT2D eigenvalue weighted by molar-refractivity contribution is -0.123. The first-order valence-electron chi connectivity index (χ1n) is 7.23. The van der Waals surface area contributed by atoms with Crippen molar-refractivity contribution in [2.75, 3.05) is 13.2 Å². The molecule has 2 N–H and O–H groups in total. The van der Waals surface area contributed by atoms with Gasteiger partial charge in [0.2, 0.25) is 5.91 Å². The van der Waals surface area contributed by atoms with Crippen LogP contribution < -0.4 is 5.32 Å². The monoisotopic (exact) mass is 299 g/mol. The summed E-state index contributed by atoms with van der Waals surface area (Å²) in [5.74, 6) is -2.82. The molecular formula is C16H23F2NO2. The average Bonchev–Trinajstić information content (AvgIpc) is 2.48. The Morgan fingerprint density at radius 3 is 2.24 bits per heavy atom. The van der Waals surface area contributed by atoms with Crippen LogP contribution in [-0.4, -0.2) is 24.2 Å². The standard InChI is InChI=1S/C16H23F2NO2/c1-4-16(5-2,10-20)9-19-15(21)11(3)14-12(17)7-6-8-13(14)18/h6-8,11,20H,4-5,9-10H2,1-3H3,(H,19,21). The fraction of sp³-hybridized carbons (Fsp3) is 0.562. The molecule has 3 nitrogen and oxygen atoms in total. The van der Waals surface area contributed by atoms with Crippen LogP contribution in [0.15, 0.2) is 18.2 Å². The first-order chi connectivity index (χ1) is 9.90. The molecule has 1 rings (SSSR count). The molecule has 118 valence electrons. The van der Waals surface area contributed by atoms with Gasteiger partial charge in [0.1, 0.15) is 11.6 Å². The molecule has 1 unspecified atom stereocenters. The number of nitrogens with one attached hydrogen (secondary N) is 1. The molecule has 5 heteroatoms. The highest BCUT2D eigenvalue weighted by Gasteiger charge is 2.28. The van der Waals surface area contributed by atoms with Gasteiger partial charge in [0.15, 0.2) is 0 Å². The minimum Gasteiger partial charge on any atom is -0.396 e. The van der Waals surface area contributed by atoms with E-state index in [0.29, 0.717) is 12.8 Å². The van der Waals surface area contributed by atoms with Crippen LogP contribution in [0.4, 0.5) is 8.78 Å². The Kier molecular flexibility index (Phi) is 6.27. The zero-order chi connectivity index (χ0) is 16.0. The van der Waals surface area contributed by atoms with Gasteiger partial charge in [-0.15, -0.1) is 0 Å². The van der Waals surface area contributed by atoms with E-state index in [9.17, 15) is 18.7 Å². The van der Waals surface area contributed by atoms with Gasteiger partial charge in [0.05, 0.1) is 12.5 Å². The normalized spacial score (nSPS) is 13.0. The van der Waals surface area contributed by atoms with Crippen LogP contribution in [0.2, 0.25) is 0 Å². The summed E-state index contributed by atoms with van der Waals surface area (Å²) in [6.45, 7) is 5.59. The maximum atomic E-state index is 13.7. The molecular weight excluding hydrogens is 276 g/mol. The SMILES string of the molecule is CCC(CC)(CO)CNC(=O)C(C)c1c(F)cccc1F. The zero-order valence-electron chi connectivity index (χ0n) is 12.7. The summed E-state index contributed by atoms with van der Waals surface area (Å²) in [5, 5.41) is 12.2. The fourth-order valence-corrected chi connectivity index (χ4v) is 2.26. The summed E-state index contributed by atoms with van der Waals surface area (Å²) in [6.07, 6.45) is 1.42. The van der Waals surface area contributed by atoms with Gasteiger partial charge in [-0.1, -0.05) is 19.9 Å². The summed E-state index contributed by atoms with van der Waals surface area (Å²) in [7, 11) is 0. The molecule has 21 heavy (non-hydrogen) atoms. The van der Waals surface area contributed by atoms with Gasteiger partial charge in [-0.25, -0.2) is 8.78 Å². The van der Waals surface area contributed by atoms with Crippen molar-refractivity contribution in [3.63, 3.8) is 0 Å². The molecule has 0 saturated carbocycles. The number of carbonyl (C=O) groups is 1. The number of aliphatic hydroxyl groups excluding tert-OH is 1. The van der Waals surface area contributed by atoms with E-state index >= 15 is 0 Å². The lowest BCUT2D eigenvalue weighted by Crippen LogP contribution is -2.41. The molecule has 0 aliphatic carbocycles. The Balaban J connectivity index is 2.80. The van der Waals surface area contributed by atoms with Crippen molar-refractivity contribution in [3.05, 3.63) is 35.4 Å². The van der Waals surface area contributed by atoms with E-state index in [-0.39, 0.29) is 24.1 Å². The topological polar surface area (TPSA) is 49.3 Å². The van der Waals surface area contributed by atoms with Crippen LogP contribution in [0.1, 0.15) is 45.1 Å². The number of rotatable bonds is 7. The highest BCUT2D eigenvalue weighted by molar-refractivity contribution is 5.83. The number of hydrogen-bond acceptors (Lipinski definition) is 2. The van der Waals surface area contributed by atoms with Gasteiger partial charge in [0.25, 0.3) is 0 Å². The molecule has 0 fully saturated rings. The van der Waals surface area contributed by atoms with Gasteiger partial charge in [-0.3, -0.25) is 4.79 Å². The van der Waals surface area contributed by atoms with E-state index in [1.165, 1.54) is 13.0 Å². The van der Waals surface area contributed by atoms with Crippen molar-refractivity contribution >= 4 is 5.91 Å². The predicted molar refractivity (Wildman–Crippen MR) is 77.9 cm³/mol. The molecule has 0 radical (unpaired) electrons. The third kappa shape index (κ3) is 4.00. The Morgan fingerprint density at radius 2 is 1.81 bits per heavy atom. The maximum Gasteiger partial charge on any atom is 0.227 e. The summed E-state index contributed by atoms with van der Waals surface area (Å²) in [5.41, 5.74) is -0.610. The Hall–Kier alpha value is -1.49. The molecule has 1 aromatic rings. The van der Waals surface area contributed by atoms with Gasteiger partial charge < -0.3 is 10.4 Å². The smallest absolute Gasteiger partial charge is 0.227 e. The molecule has 0 aliphatic rings. The third-order valence-electron chi connectivity index (χ3n) is 4.30. The number of benzene rings is 1. The largest absolute Gasteiger partial charge is 0.396 e. The second-order valence-corrected chi connectivity index (χ2v) is 5.44. The van der Waals surface area contributed by atoms with E-state index in [1.54, 1.807) is 0 Å². The van der Waals surface area contributed by atoms with Crippen molar-refractivity contribution in [2.45, 2.75) is 39.5 Å². The van der Waals surface area contributed by atoms with E-state index < -0.39 is 23.5 Å². The average molecular weight is 299 g/mol. The van der Waals surface area contributed by atoms with Gasteiger partial charge in [-0.2, -0.15) is 0 Å². The Bertz CT molecular complexity index is 459. The van der Waals surface area contributed by atoms with E-state index in [2.05, 4.69) is 5.32 Å². The van der Waals surface area contributed by atoms with Crippen LogP contribution in [0.5, 0.6) is 0 Å². The number of carbonyl (C=O) groups excluding carboxylic acids is 1. The maximum absolute atomic E-state index is 13.7. The molecule has 0 aromatic heterocycles. The third-order valence-corrected chi connectivity index (χ3v) is 4.30. The highest BCUT2D eigenvalue weighted by Crippen LogP contribution is 2.26. The lowest BCUT2D eigenvalue weighted by Gasteiger charge is -2.30. The predicted octanol–water partition coefficient (Wildman–Crippen LogP) is 2.98. The van der Waals surface area contributed by atoms with Gasteiger partial charge in [0, 0.05) is 17.5 Å². The first-order valence-corrected chi connectivity index (χ1v) is 7.23. The minimum atomic E-state index is -0.920. The molecule has 0 heterocycles. The van der Waals surface area contributed by atoms with Crippen LogP contribution >= 0.6 is 0 Å². The number of hydrogen-bond donors (Lipinski definition) is 2. The van der Waals surface area contributed by atoms with Crippen molar-refractivity contribution in [2.24, 2.45) is 5.41 Å². The van der Waals surface area contributed by atoms with E-state index in [1.807, 2.05) is 13.8 Å². The summed E-state index contributed by atoms with van der Waals surface area (Å²) in [4.78, 5) is 12.1. The van der Waals surface area contributed by atoms with Crippen molar-refractivity contribution < 1.29 is 18.7 Å². The summed E-state index contributed by atoms with van der Waals surface area (Å²) < 4.78 is 27.3. The van der Waals surface area contributed by atoms with E-state index in [4.69, 9.17) is 0 Å². The number of aliphatic hydroxyl groups is 1. The highest BCUT2D eigenvalue weighted by atomic mass is 19.1. The second-order valence-electron chi connectivity index (χ2n) is 5.44. The molecule has 0 aliphatic heterocycles. The molecule has 1 aromatic carbocycles. The fourth-order valence-electron chi connectivity index (χ4n) is 2.26. The number of amides is 1. The zero-order valence-corrected chi connectivity index (χ0v) is 12.7. The summed E-state index contributed by atoms with van der Waals surface area (Å²) in [6, 6.07) is 3.54. The molecule has 0 saturated heterocycles. The first kappa shape index (κ1) is 17.6. The van der Waals surface area contributed by atoms with E-state index in [0.717, 1.165) is 12.1 Å². The second kappa shape index (κ2) is 7.50. The van der Waals surface area contributed by atoms with Crippen LogP contribution in [0, 0.1) is 17.0 Å². The van der Waals surface area contributed by atoms with Crippen molar-refractivity contribution in [1.29, 1.82) is 0 Å². The van der Waals surface area contributed by atoms with Crippen LogP contribution in [0.25, 0.3) is 0 Å². The Labute approximate surface area is 124 Å². The van der Waals surface area contributed by atoms with Crippen molar-refractivity contribution in [3.8, 4) is 0 Å². The van der Waals surface area contributed by atoms with Gasteiger partial charge >= 0.3 is 0 Å². The van der Waals surface area contributed by atoms with Crippen molar-refractivity contribution in [1.82, 2.24) is 5.32 Å². The summed E-state index contributed by atoms with van der Waals surface area (Å²) >= 11 is 0. The lowest BCUT2D eigenvalue weighted by atomic mass is 9.83. The quantitative estimate of drug-likeness (QED) is 0.813. The van der Waals surface area contributed by atoms with Crippen LogP contribution in [0.3, 0.4) is 0 Å². The van der Waals surface area contributed by atoms with Crippen LogP contribution in [-0.2, 0) is 4.79 Å². The molecule has 0 spiro atoms. The number of halogens is 2. The minimum absolute atomic E-state index is 0.0390. The molecule has 1 amide bonds. The molecule has 1 atom stereocenters.